The van der Waals surface area contributed by atoms with Crippen molar-refractivity contribution in [1.29, 1.82) is 0 Å². The number of hydrogen-bond acceptors (Lipinski definition) is 6. The molecule has 0 amide bonds. The second kappa shape index (κ2) is 13.0. The minimum Gasteiger partial charge on any atom is -0.393 e. The zero-order valence-corrected chi connectivity index (χ0v) is 20.5. The summed E-state index contributed by atoms with van der Waals surface area (Å²) in [6.07, 6.45) is 3.49. The Morgan fingerprint density at radius 2 is 1.00 bits per heavy atom. The van der Waals surface area contributed by atoms with Gasteiger partial charge in [-0.2, -0.15) is 0 Å². The second-order valence-corrected chi connectivity index (χ2v) is 12.4. The summed E-state index contributed by atoms with van der Waals surface area (Å²) < 4.78 is 31.3. The molecule has 4 unspecified atom stereocenters. The molecular formula is C18H42N2O8P2. The van der Waals surface area contributed by atoms with Crippen LogP contribution in [-0.2, 0) is 18.2 Å². The van der Waals surface area contributed by atoms with E-state index in [9.17, 15) is 19.3 Å². The first-order valence-corrected chi connectivity index (χ1v) is 13.6. The molecule has 0 rings (SSSR count). The third kappa shape index (κ3) is 18.9. The monoisotopic (exact) mass is 476 g/mol. The van der Waals surface area contributed by atoms with E-state index in [0.29, 0.717) is 51.4 Å². The van der Waals surface area contributed by atoms with Crippen LogP contribution in [0.25, 0.3) is 0 Å². The minimum absolute atomic E-state index is 0.0774. The second-order valence-electron chi connectivity index (χ2n) is 9.59. The molecule has 0 fully saturated rings. The van der Waals surface area contributed by atoms with Crippen LogP contribution in [0.2, 0.25) is 0 Å². The maximum Gasteiger partial charge on any atom is 0.400 e. The molecule has 0 saturated heterocycles. The summed E-state index contributed by atoms with van der Waals surface area (Å²) >= 11 is 0. The van der Waals surface area contributed by atoms with E-state index in [1.165, 1.54) is 0 Å². The highest BCUT2D eigenvalue weighted by atomic mass is 31.2. The molecule has 0 aromatic carbocycles. The Hall–Kier alpha value is 0.140. The number of aliphatic hydroxyl groups is 2. The van der Waals surface area contributed by atoms with Crippen LogP contribution in [0.4, 0.5) is 0 Å². The van der Waals surface area contributed by atoms with Crippen molar-refractivity contribution in [3.63, 3.8) is 0 Å². The lowest BCUT2D eigenvalue weighted by Crippen LogP contribution is -2.21. The highest BCUT2D eigenvalue weighted by Crippen LogP contribution is 2.36. The highest BCUT2D eigenvalue weighted by Gasteiger charge is 2.23. The summed E-state index contributed by atoms with van der Waals surface area (Å²) in [4.78, 5) is 17.9. The molecule has 0 heterocycles. The van der Waals surface area contributed by atoms with E-state index in [1.54, 1.807) is 0 Å². The maximum absolute atomic E-state index is 10.9. The fourth-order valence-corrected chi connectivity index (χ4v) is 3.65. The predicted octanol–water partition coefficient (Wildman–Crippen LogP) is 3.03. The van der Waals surface area contributed by atoms with E-state index in [4.69, 9.17) is 29.8 Å². The van der Waals surface area contributed by atoms with Crippen molar-refractivity contribution < 1.29 is 38.2 Å². The van der Waals surface area contributed by atoms with Gasteiger partial charge in [0.25, 0.3) is 0 Å². The van der Waals surface area contributed by atoms with Crippen LogP contribution in [0.5, 0.6) is 0 Å². The smallest absolute Gasteiger partial charge is 0.393 e. The van der Waals surface area contributed by atoms with Gasteiger partial charge < -0.3 is 20.0 Å². The molecule has 30 heavy (non-hydrogen) atoms. The van der Waals surface area contributed by atoms with Crippen molar-refractivity contribution in [2.45, 2.75) is 91.3 Å². The number of nitrogens with two attached hydrogens (primary N) is 2. The number of hydrogen-bond donors (Lipinski definition) is 6. The van der Waals surface area contributed by atoms with E-state index in [-0.39, 0.29) is 24.0 Å². The molecule has 0 aliphatic carbocycles. The fourth-order valence-electron chi connectivity index (χ4n) is 2.94. The molecule has 0 bridgehead atoms. The lowest BCUT2D eigenvalue weighted by atomic mass is 9.82. The highest BCUT2D eigenvalue weighted by molar-refractivity contribution is 7.50. The Kier molecular flexibility index (Phi) is 13.1. The largest absolute Gasteiger partial charge is 0.400 e. The molecule has 12 heteroatoms. The van der Waals surface area contributed by atoms with Gasteiger partial charge in [0.15, 0.2) is 0 Å². The molecule has 8 N–H and O–H groups in total. The molecule has 4 atom stereocenters. The van der Waals surface area contributed by atoms with Crippen LogP contribution in [0.3, 0.4) is 0 Å². The predicted molar refractivity (Wildman–Crippen MR) is 116 cm³/mol. The maximum atomic E-state index is 10.9. The van der Waals surface area contributed by atoms with Crippen molar-refractivity contribution in [2.75, 3.05) is 13.2 Å². The van der Waals surface area contributed by atoms with E-state index in [0.717, 1.165) is 0 Å². The first-order valence-electron chi connectivity index (χ1n) is 10.3. The van der Waals surface area contributed by atoms with Crippen LogP contribution >= 0.6 is 15.5 Å². The van der Waals surface area contributed by atoms with Crippen LogP contribution in [-0.4, -0.2) is 45.4 Å². The Bertz CT molecular complexity index is 527. The Morgan fingerprint density at radius 1 is 0.700 bits per heavy atom. The van der Waals surface area contributed by atoms with Crippen LogP contribution in [0.15, 0.2) is 0 Å². The molecular weight excluding hydrogens is 434 g/mol. The van der Waals surface area contributed by atoms with Crippen molar-refractivity contribution in [3.05, 3.63) is 0 Å². The van der Waals surface area contributed by atoms with Gasteiger partial charge in [0.05, 0.1) is 25.4 Å². The van der Waals surface area contributed by atoms with E-state index < -0.39 is 27.7 Å². The zero-order chi connectivity index (χ0) is 23.6. The molecule has 182 valence electrons. The first kappa shape index (κ1) is 30.1. The average Bonchev–Trinajstić information content (AvgIpc) is 2.53. The Labute approximate surface area is 180 Å². The summed E-state index contributed by atoms with van der Waals surface area (Å²) in [6.45, 7) is 8.11. The fraction of sp³-hybridized carbons (Fsp3) is 1.00. The van der Waals surface area contributed by atoms with Gasteiger partial charge in [0.1, 0.15) is 0 Å². The van der Waals surface area contributed by atoms with Crippen molar-refractivity contribution in [3.8, 4) is 0 Å². The van der Waals surface area contributed by atoms with E-state index in [2.05, 4.69) is 0 Å². The molecule has 0 saturated carbocycles. The summed E-state index contributed by atoms with van der Waals surface area (Å²) in [5, 5.41) is 20.4. The van der Waals surface area contributed by atoms with Crippen molar-refractivity contribution in [1.82, 2.24) is 0 Å². The van der Waals surface area contributed by atoms with Gasteiger partial charge in [-0.1, -0.05) is 27.7 Å². The van der Waals surface area contributed by atoms with Gasteiger partial charge in [-0.3, -0.25) is 9.05 Å². The third-order valence-corrected chi connectivity index (χ3v) is 6.36. The normalized spacial score (nSPS) is 19.1. The SMILES string of the molecule is CC(C)(CCOP(N)(=O)O)CCC(O)CCC(O)CCC(C)(C)CCOP(N)(=O)O. The summed E-state index contributed by atoms with van der Waals surface area (Å²) in [7, 11) is -7.92. The van der Waals surface area contributed by atoms with Gasteiger partial charge in [0, 0.05) is 0 Å². The number of aliphatic hydroxyl groups excluding tert-OH is 2. The third-order valence-electron chi connectivity index (χ3n) is 5.25. The van der Waals surface area contributed by atoms with E-state index >= 15 is 0 Å². The van der Waals surface area contributed by atoms with Crippen LogP contribution < -0.4 is 11.0 Å². The van der Waals surface area contributed by atoms with Crippen molar-refractivity contribution >= 4 is 15.5 Å². The van der Waals surface area contributed by atoms with Crippen LogP contribution in [0, 0.1) is 10.8 Å². The summed E-state index contributed by atoms with van der Waals surface area (Å²) in [5.41, 5.74) is 9.52. The van der Waals surface area contributed by atoms with Gasteiger partial charge in [-0.15, -0.1) is 0 Å². The summed E-state index contributed by atoms with van der Waals surface area (Å²) in [6, 6.07) is 0. The molecule has 0 aromatic heterocycles. The lowest BCUT2D eigenvalue weighted by molar-refractivity contribution is 0.0832. The Morgan fingerprint density at radius 3 is 1.27 bits per heavy atom. The molecule has 10 nitrogen and oxygen atoms in total. The first-order chi connectivity index (χ1) is 13.4. The van der Waals surface area contributed by atoms with Gasteiger partial charge in [-0.05, 0) is 62.2 Å². The summed E-state index contributed by atoms with van der Waals surface area (Å²) in [5.74, 6) is 0. The van der Waals surface area contributed by atoms with Crippen molar-refractivity contribution in [2.24, 2.45) is 21.8 Å². The molecule has 0 aliphatic heterocycles. The zero-order valence-electron chi connectivity index (χ0n) is 18.7. The molecule has 0 aliphatic rings. The van der Waals surface area contributed by atoms with Gasteiger partial charge >= 0.3 is 15.5 Å². The molecule has 0 spiro atoms. The topological polar surface area (TPSA) is 186 Å². The average molecular weight is 476 g/mol. The van der Waals surface area contributed by atoms with Gasteiger partial charge in [0.2, 0.25) is 0 Å². The quantitative estimate of drug-likeness (QED) is 0.170. The molecule has 0 aromatic rings. The molecule has 0 radical (unpaired) electrons. The Balaban J connectivity index is 4.07. The lowest BCUT2D eigenvalue weighted by Gasteiger charge is -2.27. The number of rotatable bonds is 17. The van der Waals surface area contributed by atoms with Gasteiger partial charge in [-0.25, -0.2) is 20.1 Å². The van der Waals surface area contributed by atoms with E-state index in [1.807, 2.05) is 27.7 Å². The van der Waals surface area contributed by atoms with Crippen LogP contribution in [0.1, 0.15) is 79.1 Å². The standard InChI is InChI=1S/C18H42N2O8P2/c1-17(2,11-13-27-29(19,23)24)9-7-15(21)5-6-16(22)8-10-18(3,4)12-14-28-30(20,25)26/h15-16,21-22H,5-14H2,1-4H3,(H3,19,23,24)(H3,20,25,26). The minimum atomic E-state index is -3.96.